The number of anilines is 1. The normalized spacial score (nSPS) is 9.47. The molecule has 1 rings (SSSR count). The highest BCUT2D eigenvalue weighted by molar-refractivity contribution is 5.73. The second-order valence-electron chi connectivity index (χ2n) is 2.58. The summed E-state index contributed by atoms with van der Waals surface area (Å²) in [6, 6.07) is 1.65. The minimum absolute atomic E-state index is 0.0338. The molecule has 0 aromatic carbocycles. The van der Waals surface area contributed by atoms with E-state index in [-0.39, 0.29) is 12.5 Å². The molecule has 15 heavy (non-hydrogen) atoms. The van der Waals surface area contributed by atoms with Crippen molar-refractivity contribution in [3.05, 3.63) is 12.3 Å². The Morgan fingerprint density at radius 2 is 2.40 bits per heavy atom. The van der Waals surface area contributed by atoms with Gasteiger partial charge in [-0.05, 0) is 6.92 Å². The van der Waals surface area contributed by atoms with Gasteiger partial charge in [0.15, 0.2) is 0 Å². The Morgan fingerprint density at radius 1 is 1.60 bits per heavy atom. The molecule has 0 aliphatic carbocycles. The highest BCUT2D eigenvalue weighted by Gasteiger charge is 2.02. The fraction of sp³-hybridized carbons (Fsp3) is 0.444. The van der Waals surface area contributed by atoms with Crippen LogP contribution in [-0.4, -0.2) is 36.2 Å². The molecule has 0 spiro atoms. The van der Waals surface area contributed by atoms with Crippen molar-refractivity contribution in [2.45, 2.75) is 6.92 Å². The van der Waals surface area contributed by atoms with Crippen LogP contribution in [0.2, 0.25) is 0 Å². The second kappa shape index (κ2) is 5.79. The minimum Gasteiger partial charge on any atom is -0.478 e. The number of nitrogens with zero attached hydrogens (tertiary/aromatic N) is 2. The molecule has 1 heterocycles. The number of carbonyl (C=O) groups excluding carboxylic acids is 1. The number of carbonyl (C=O) groups is 1. The van der Waals surface area contributed by atoms with Crippen LogP contribution in [0, 0.1) is 0 Å². The highest BCUT2D eigenvalue weighted by Crippen LogP contribution is 2.07. The fourth-order valence-electron chi connectivity index (χ4n) is 0.879. The molecule has 82 valence electrons. The maximum absolute atomic E-state index is 10.8. The van der Waals surface area contributed by atoms with Gasteiger partial charge in [0.2, 0.25) is 11.8 Å². The molecule has 0 radical (unpaired) electrons. The van der Waals surface area contributed by atoms with Crippen molar-refractivity contribution in [3.63, 3.8) is 0 Å². The van der Waals surface area contributed by atoms with Crippen molar-refractivity contribution >= 4 is 11.9 Å². The van der Waals surface area contributed by atoms with Crippen LogP contribution in [0.1, 0.15) is 6.92 Å². The average molecular weight is 211 g/mol. The zero-order valence-electron chi connectivity index (χ0n) is 8.69. The first-order valence-corrected chi connectivity index (χ1v) is 4.52. The Kier molecular flexibility index (Phi) is 4.33. The molecule has 0 saturated heterocycles. The summed E-state index contributed by atoms with van der Waals surface area (Å²) in [6.07, 6.45) is 1.55. The molecule has 0 unspecified atom stereocenters. The van der Waals surface area contributed by atoms with Crippen molar-refractivity contribution in [2.24, 2.45) is 0 Å². The van der Waals surface area contributed by atoms with E-state index in [9.17, 15) is 4.79 Å². The van der Waals surface area contributed by atoms with Gasteiger partial charge in [-0.2, -0.15) is 4.98 Å². The number of methoxy groups -OCH3 is 1. The van der Waals surface area contributed by atoms with Crippen molar-refractivity contribution in [1.82, 2.24) is 9.97 Å². The maximum Gasteiger partial charge on any atom is 0.325 e. The van der Waals surface area contributed by atoms with Crippen molar-refractivity contribution in [3.8, 4) is 5.88 Å². The van der Waals surface area contributed by atoms with Crippen molar-refractivity contribution in [2.75, 3.05) is 25.6 Å². The lowest BCUT2D eigenvalue weighted by atomic mass is 10.6. The molecule has 0 fully saturated rings. The van der Waals surface area contributed by atoms with E-state index in [2.05, 4.69) is 20.0 Å². The molecule has 0 bridgehead atoms. The average Bonchev–Trinajstić information content (AvgIpc) is 2.27. The number of aromatic nitrogens is 2. The van der Waals surface area contributed by atoms with E-state index >= 15 is 0 Å². The van der Waals surface area contributed by atoms with Crippen molar-refractivity contribution < 1.29 is 14.3 Å². The first kappa shape index (κ1) is 11.2. The third-order valence-corrected chi connectivity index (χ3v) is 1.54. The first-order chi connectivity index (χ1) is 7.26. The van der Waals surface area contributed by atoms with Crippen molar-refractivity contribution in [1.29, 1.82) is 0 Å². The van der Waals surface area contributed by atoms with Crippen LogP contribution in [0.5, 0.6) is 5.88 Å². The SMILES string of the molecule is CCOc1ccnc(NCC(=O)OC)n1. The van der Waals surface area contributed by atoms with Crippen LogP contribution in [0.25, 0.3) is 0 Å². The molecule has 1 N–H and O–H groups in total. The monoisotopic (exact) mass is 211 g/mol. The molecular formula is C9H13N3O3. The van der Waals surface area contributed by atoms with E-state index in [0.717, 1.165) is 0 Å². The van der Waals surface area contributed by atoms with Gasteiger partial charge in [-0.1, -0.05) is 0 Å². The van der Waals surface area contributed by atoms with E-state index in [1.807, 2.05) is 6.92 Å². The molecule has 1 aromatic heterocycles. The summed E-state index contributed by atoms with van der Waals surface area (Å²) in [5, 5.41) is 2.72. The largest absolute Gasteiger partial charge is 0.478 e. The summed E-state index contributed by atoms with van der Waals surface area (Å²) < 4.78 is 9.63. The summed E-state index contributed by atoms with van der Waals surface area (Å²) >= 11 is 0. The number of hydrogen-bond acceptors (Lipinski definition) is 6. The lowest BCUT2D eigenvalue weighted by molar-refractivity contribution is -0.138. The number of hydrogen-bond donors (Lipinski definition) is 1. The predicted molar refractivity (Wildman–Crippen MR) is 53.7 cm³/mol. The Balaban J connectivity index is 2.53. The van der Waals surface area contributed by atoms with Crippen LogP contribution >= 0.6 is 0 Å². The van der Waals surface area contributed by atoms with Gasteiger partial charge in [-0.15, -0.1) is 0 Å². The smallest absolute Gasteiger partial charge is 0.325 e. The molecule has 0 aliphatic rings. The predicted octanol–water partition coefficient (Wildman–Crippen LogP) is 0.460. The summed E-state index contributed by atoms with van der Waals surface area (Å²) in [5.74, 6) is 0.437. The lowest BCUT2D eigenvalue weighted by Gasteiger charge is -2.05. The maximum atomic E-state index is 10.8. The number of nitrogens with one attached hydrogen (secondary N) is 1. The van der Waals surface area contributed by atoms with Gasteiger partial charge >= 0.3 is 5.97 Å². The van der Waals surface area contributed by atoms with Crippen LogP contribution < -0.4 is 10.1 Å². The zero-order chi connectivity index (χ0) is 11.1. The van der Waals surface area contributed by atoms with E-state index in [0.29, 0.717) is 18.4 Å². The van der Waals surface area contributed by atoms with Crippen LogP contribution in [-0.2, 0) is 9.53 Å². The van der Waals surface area contributed by atoms with Gasteiger partial charge in [-0.3, -0.25) is 4.79 Å². The van der Waals surface area contributed by atoms with Gasteiger partial charge in [0.05, 0.1) is 13.7 Å². The molecular weight excluding hydrogens is 198 g/mol. The Morgan fingerprint density at radius 3 is 3.07 bits per heavy atom. The molecule has 0 aliphatic heterocycles. The number of ether oxygens (including phenoxy) is 2. The number of rotatable bonds is 5. The Bertz CT molecular complexity index is 330. The van der Waals surface area contributed by atoms with Gasteiger partial charge in [-0.25, -0.2) is 4.98 Å². The number of esters is 1. The van der Waals surface area contributed by atoms with Gasteiger partial charge in [0.25, 0.3) is 0 Å². The lowest BCUT2D eigenvalue weighted by Crippen LogP contribution is -2.16. The van der Waals surface area contributed by atoms with Crippen LogP contribution in [0.15, 0.2) is 12.3 Å². The Labute approximate surface area is 87.6 Å². The Hall–Kier alpha value is -1.85. The third-order valence-electron chi connectivity index (χ3n) is 1.54. The zero-order valence-corrected chi connectivity index (χ0v) is 8.69. The van der Waals surface area contributed by atoms with Gasteiger partial charge < -0.3 is 14.8 Å². The standard InChI is InChI=1S/C9H13N3O3/c1-3-15-7-4-5-10-9(12-7)11-6-8(13)14-2/h4-5H,3,6H2,1-2H3,(H,10,11,12). The van der Waals surface area contributed by atoms with Crippen LogP contribution in [0.3, 0.4) is 0 Å². The molecule has 6 nitrogen and oxygen atoms in total. The summed E-state index contributed by atoms with van der Waals surface area (Å²) in [5.41, 5.74) is 0. The summed E-state index contributed by atoms with van der Waals surface area (Å²) in [6.45, 7) is 2.43. The fourth-order valence-corrected chi connectivity index (χ4v) is 0.879. The molecule has 6 heteroatoms. The van der Waals surface area contributed by atoms with Gasteiger partial charge in [0, 0.05) is 12.3 Å². The molecule has 0 atom stereocenters. The van der Waals surface area contributed by atoms with E-state index in [1.165, 1.54) is 7.11 Å². The second-order valence-corrected chi connectivity index (χ2v) is 2.58. The van der Waals surface area contributed by atoms with Crippen LogP contribution in [0.4, 0.5) is 5.95 Å². The quantitative estimate of drug-likeness (QED) is 0.713. The van der Waals surface area contributed by atoms with E-state index < -0.39 is 0 Å². The molecule has 0 saturated carbocycles. The van der Waals surface area contributed by atoms with E-state index in [4.69, 9.17) is 4.74 Å². The molecule has 1 aromatic rings. The minimum atomic E-state index is -0.375. The highest BCUT2D eigenvalue weighted by atomic mass is 16.5. The van der Waals surface area contributed by atoms with E-state index in [1.54, 1.807) is 12.3 Å². The molecule has 0 amide bonds. The topological polar surface area (TPSA) is 73.3 Å². The van der Waals surface area contributed by atoms with Gasteiger partial charge in [0.1, 0.15) is 6.54 Å². The summed E-state index contributed by atoms with van der Waals surface area (Å²) in [4.78, 5) is 18.8. The first-order valence-electron chi connectivity index (χ1n) is 4.52. The third kappa shape index (κ3) is 3.80. The summed E-state index contributed by atoms with van der Waals surface area (Å²) in [7, 11) is 1.32.